The monoisotopic (exact) mass is 241 g/mol. The Hall–Kier alpha value is -0.200. The minimum atomic E-state index is -4.54. The van der Waals surface area contributed by atoms with Gasteiger partial charge in [0.2, 0.25) is 0 Å². The van der Waals surface area contributed by atoms with Gasteiger partial charge in [0.1, 0.15) is 0 Å². The Morgan fingerprint density at radius 1 is 1.42 bits per heavy atom. The van der Waals surface area contributed by atoms with Gasteiger partial charge in [-0.2, -0.15) is 8.78 Å². The van der Waals surface area contributed by atoms with Gasteiger partial charge < -0.3 is 0 Å². The molecular formula is C3Cl3F2NO3. The molecular weight excluding hydrogens is 242 g/mol. The van der Waals surface area contributed by atoms with Crippen LogP contribution in [-0.2, 0) is 4.79 Å². The molecule has 4 nitrogen and oxygen atoms in total. The van der Waals surface area contributed by atoms with Gasteiger partial charge in [0, 0.05) is 0 Å². The molecule has 0 radical (unpaired) electrons. The van der Waals surface area contributed by atoms with E-state index < -0.39 is 20.5 Å². The molecule has 0 aromatic rings. The van der Waals surface area contributed by atoms with Crippen LogP contribution >= 0.6 is 34.8 Å². The Kier molecular flexibility index (Phi) is 3.22. The number of rotatable bonds is 3. The normalized spacial score (nSPS) is 16.8. The Bertz CT molecular complexity index is 213. The second kappa shape index (κ2) is 3.27. The van der Waals surface area contributed by atoms with Gasteiger partial charge in [-0.15, -0.1) is 0 Å². The predicted octanol–water partition coefficient (Wildman–Crippen LogP) is 1.80. The summed E-state index contributed by atoms with van der Waals surface area (Å²) in [4.78, 5) is 14.5. The van der Waals surface area contributed by atoms with Gasteiger partial charge in [0.05, 0.1) is 4.92 Å². The summed E-state index contributed by atoms with van der Waals surface area (Å²) >= 11 is 13.3. The molecule has 0 aliphatic heterocycles. The Morgan fingerprint density at radius 2 is 1.75 bits per heavy atom. The maximum absolute atomic E-state index is 12.2. The van der Waals surface area contributed by atoms with Crippen LogP contribution in [0.2, 0.25) is 0 Å². The topological polar surface area (TPSA) is 60.2 Å². The number of carbonyl (C=O) groups excluding carboxylic acids is 1. The minimum absolute atomic E-state index is 1.75. The van der Waals surface area contributed by atoms with Crippen LogP contribution in [0.15, 0.2) is 0 Å². The molecule has 0 bridgehead atoms. The van der Waals surface area contributed by atoms with Crippen molar-refractivity contribution in [1.82, 2.24) is 0 Å². The number of halogens is 5. The van der Waals surface area contributed by atoms with Crippen LogP contribution in [0.1, 0.15) is 0 Å². The molecule has 0 fully saturated rings. The van der Waals surface area contributed by atoms with Gasteiger partial charge in [-0.05, 0) is 34.8 Å². The van der Waals surface area contributed by atoms with Crippen molar-refractivity contribution in [2.75, 3.05) is 0 Å². The second-order valence-corrected chi connectivity index (χ2v) is 3.02. The highest BCUT2D eigenvalue weighted by Gasteiger charge is 2.68. The average Bonchev–Trinajstić information content (AvgIpc) is 1.82. The second-order valence-electron chi connectivity index (χ2n) is 1.65. The first-order valence-electron chi connectivity index (χ1n) is 2.24. The minimum Gasteiger partial charge on any atom is -0.271 e. The van der Waals surface area contributed by atoms with E-state index in [4.69, 9.17) is 0 Å². The number of nitrogens with zero attached hydrogens (tertiary/aromatic N) is 1. The van der Waals surface area contributed by atoms with Crippen LogP contribution in [0, 0.1) is 10.1 Å². The number of alkyl halides is 4. The van der Waals surface area contributed by atoms with E-state index in [-0.39, 0.29) is 0 Å². The van der Waals surface area contributed by atoms with Crippen molar-refractivity contribution in [3.05, 3.63) is 10.1 Å². The van der Waals surface area contributed by atoms with Crippen molar-refractivity contribution in [3.63, 3.8) is 0 Å². The van der Waals surface area contributed by atoms with Gasteiger partial charge in [-0.25, -0.2) is 0 Å². The van der Waals surface area contributed by atoms with Crippen LogP contribution in [0.4, 0.5) is 8.78 Å². The maximum atomic E-state index is 12.2. The van der Waals surface area contributed by atoms with Crippen molar-refractivity contribution in [1.29, 1.82) is 0 Å². The molecule has 0 rings (SSSR count). The summed E-state index contributed by atoms with van der Waals surface area (Å²) in [5.74, 6) is 0. The summed E-state index contributed by atoms with van der Waals surface area (Å²) in [5.41, 5.74) is 0. The number of carbonyl (C=O) groups is 1. The molecule has 0 aliphatic carbocycles. The average molecular weight is 242 g/mol. The summed E-state index contributed by atoms with van der Waals surface area (Å²) in [6.45, 7) is 0. The van der Waals surface area contributed by atoms with Gasteiger partial charge in [0.15, 0.2) is 0 Å². The number of nitro groups is 1. The van der Waals surface area contributed by atoms with Crippen molar-refractivity contribution < 1.29 is 18.5 Å². The van der Waals surface area contributed by atoms with E-state index >= 15 is 0 Å². The molecule has 9 heteroatoms. The smallest absolute Gasteiger partial charge is 0.271 e. The molecule has 70 valence electrons. The zero-order valence-corrected chi connectivity index (χ0v) is 7.33. The lowest BCUT2D eigenvalue weighted by molar-refractivity contribution is -0.544. The van der Waals surface area contributed by atoms with E-state index in [9.17, 15) is 23.7 Å². The van der Waals surface area contributed by atoms with E-state index in [1.165, 1.54) is 0 Å². The molecule has 0 saturated carbocycles. The van der Waals surface area contributed by atoms with Crippen LogP contribution in [0.3, 0.4) is 0 Å². The lowest BCUT2D eigenvalue weighted by Gasteiger charge is -2.17. The Balaban J connectivity index is 5.17. The lowest BCUT2D eigenvalue weighted by Crippen LogP contribution is -2.50. The molecule has 0 amide bonds. The summed E-state index contributed by atoms with van der Waals surface area (Å²) in [5, 5.41) is 3.32. The Morgan fingerprint density at radius 3 is 1.75 bits per heavy atom. The van der Waals surface area contributed by atoms with Gasteiger partial charge in [-0.1, -0.05) is 0 Å². The molecule has 1 unspecified atom stereocenters. The fourth-order valence-corrected chi connectivity index (χ4v) is 0.678. The van der Waals surface area contributed by atoms with Crippen LogP contribution in [-0.4, -0.2) is 20.5 Å². The third kappa shape index (κ3) is 1.75. The molecule has 0 aliphatic rings. The molecule has 0 spiro atoms. The highest BCUT2D eigenvalue weighted by Crippen LogP contribution is 2.40. The number of hydrogen-bond acceptors (Lipinski definition) is 3. The fraction of sp³-hybridized carbons (Fsp3) is 0.667. The predicted molar refractivity (Wildman–Crippen MR) is 37.2 cm³/mol. The van der Waals surface area contributed by atoms with E-state index in [1.807, 2.05) is 0 Å². The molecule has 0 aromatic heterocycles. The first kappa shape index (κ1) is 11.8. The van der Waals surface area contributed by atoms with Crippen LogP contribution in [0.5, 0.6) is 0 Å². The molecule has 0 aromatic carbocycles. The van der Waals surface area contributed by atoms with E-state index in [0.29, 0.717) is 0 Å². The first-order valence-corrected chi connectivity index (χ1v) is 3.37. The molecule has 1 atom stereocenters. The summed E-state index contributed by atoms with van der Waals surface area (Å²) in [6, 6.07) is 0. The van der Waals surface area contributed by atoms with Crippen LogP contribution < -0.4 is 0 Å². The molecule has 0 saturated heterocycles. The van der Waals surface area contributed by atoms with E-state index in [2.05, 4.69) is 34.8 Å². The fourth-order valence-electron chi connectivity index (χ4n) is 0.287. The molecule has 0 heterocycles. The summed E-state index contributed by atoms with van der Waals surface area (Å²) in [6.07, 6.45) is 0. The summed E-state index contributed by atoms with van der Waals surface area (Å²) in [7, 11) is 0. The van der Waals surface area contributed by atoms with Gasteiger partial charge in [-0.3, -0.25) is 14.9 Å². The van der Waals surface area contributed by atoms with E-state index in [1.54, 1.807) is 0 Å². The number of hydrogen-bond donors (Lipinski definition) is 0. The van der Waals surface area contributed by atoms with Gasteiger partial charge >= 0.3 is 15.6 Å². The highest BCUT2D eigenvalue weighted by molar-refractivity contribution is 6.71. The largest absolute Gasteiger partial charge is 0.444 e. The van der Waals surface area contributed by atoms with Crippen LogP contribution in [0.25, 0.3) is 0 Å². The SMILES string of the molecule is O=C(Cl)C(Cl)([N+](=O)[O-])C(F)(F)Cl. The molecule has 12 heavy (non-hydrogen) atoms. The van der Waals surface area contributed by atoms with E-state index in [0.717, 1.165) is 0 Å². The quantitative estimate of drug-likeness (QED) is 0.249. The highest BCUT2D eigenvalue weighted by atomic mass is 35.5. The standard InChI is InChI=1S/C3Cl3F2NO3/c4-1(10)2(5,9(11)12)3(6,7)8. The Labute approximate surface area is 79.5 Å². The van der Waals surface area contributed by atoms with Crippen molar-refractivity contribution >= 4 is 40.0 Å². The zero-order valence-electron chi connectivity index (χ0n) is 5.06. The first-order chi connectivity index (χ1) is 5.14. The maximum Gasteiger partial charge on any atom is 0.444 e. The van der Waals surface area contributed by atoms with Crippen molar-refractivity contribution in [2.24, 2.45) is 0 Å². The zero-order chi connectivity index (χ0) is 10.2. The van der Waals surface area contributed by atoms with Crippen molar-refractivity contribution in [3.8, 4) is 0 Å². The van der Waals surface area contributed by atoms with Gasteiger partial charge in [0.25, 0.3) is 0 Å². The molecule has 0 N–H and O–H groups in total. The third-order valence-electron chi connectivity index (χ3n) is 0.888. The lowest BCUT2D eigenvalue weighted by atomic mass is 10.3. The summed E-state index contributed by atoms with van der Waals surface area (Å²) < 4.78 is 24.3. The van der Waals surface area contributed by atoms with Crippen molar-refractivity contribution in [2.45, 2.75) is 10.4 Å². The third-order valence-corrected chi connectivity index (χ3v) is 2.18.